The third-order valence-corrected chi connectivity index (χ3v) is 7.32. The van der Waals surface area contributed by atoms with Gasteiger partial charge in [-0.15, -0.1) is 0 Å². The van der Waals surface area contributed by atoms with Crippen molar-refractivity contribution in [3.63, 3.8) is 0 Å². The maximum Gasteiger partial charge on any atom is 0.273 e. The van der Waals surface area contributed by atoms with E-state index in [1.807, 2.05) is 35.2 Å². The predicted octanol–water partition coefficient (Wildman–Crippen LogP) is 4.14. The number of nitrogens with zero attached hydrogens (tertiary/aromatic N) is 4. The molecule has 1 spiro atoms. The Morgan fingerprint density at radius 1 is 1.12 bits per heavy atom. The number of hydrogen-bond donors (Lipinski definition) is 0. The van der Waals surface area contributed by atoms with Crippen LogP contribution in [0.1, 0.15) is 66.6 Å². The average molecular weight is 433 g/mol. The van der Waals surface area contributed by atoms with E-state index in [0.29, 0.717) is 30.6 Å². The summed E-state index contributed by atoms with van der Waals surface area (Å²) in [5.41, 5.74) is 0.398. The predicted molar refractivity (Wildman–Crippen MR) is 118 cm³/mol. The number of amides is 1. The van der Waals surface area contributed by atoms with Crippen molar-refractivity contribution in [3.05, 3.63) is 53.9 Å². The minimum absolute atomic E-state index is 0.0162. The van der Waals surface area contributed by atoms with Gasteiger partial charge in [0.05, 0.1) is 5.60 Å². The fourth-order valence-electron chi connectivity index (χ4n) is 5.31. The van der Waals surface area contributed by atoms with Gasteiger partial charge in [0.25, 0.3) is 5.91 Å². The van der Waals surface area contributed by atoms with E-state index < -0.39 is 0 Å². The molecule has 1 unspecified atom stereocenters. The number of likely N-dealkylation sites (tertiary alicyclic amines) is 1. The van der Waals surface area contributed by atoms with Crippen LogP contribution in [0.15, 0.2) is 41.1 Å². The Hall–Kier alpha value is -2.80. The number of piperidine rings is 1. The van der Waals surface area contributed by atoms with Crippen molar-refractivity contribution in [1.82, 2.24) is 20.0 Å². The Balaban J connectivity index is 1.11. The SMILES string of the molecule is O=C(c1nccc2ccccc12)N1CCC2(CC1)CC(Cc1nc(C3CC3)no1)CCO2. The number of aromatic nitrogens is 3. The lowest BCUT2D eigenvalue weighted by Gasteiger charge is -2.46. The molecular weight excluding hydrogens is 404 g/mol. The molecule has 2 saturated heterocycles. The Morgan fingerprint density at radius 2 is 1.97 bits per heavy atom. The van der Waals surface area contributed by atoms with Gasteiger partial charge >= 0.3 is 0 Å². The van der Waals surface area contributed by atoms with E-state index in [0.717, 1.165) is 61.2 Å². The van der Waals surface area contributed by atoms with Crippen molar-refractivity contribution in [3.8, 4) is 0 Å². The van der Waals surface area contributed by atoms with Crippen LogP contribution >= 0.6 is 0 Å². The third-order valence-electron chi connectivity index (χ3n) is 7.32. The zero-order valence-electron chi connectivity index (χ0n) is 18.2. The van der Waals surface area contributed by atoms with Crippen LogP contribution in [-0.2, 0) is 11.2 Å². The van der Waals surface area contributed by atoms with Gasteiger partial charge in [0.1, 0.15) is 5.69 Å². The van der Waals surface area contributed by atoms with E-state index in [4.69, 9.17) is 9.26 Å². The summed E-state index contributed by atoms with van der Waals surface area (Å²) in [5.74, 6) is 2.67. The molecule has 1 saturated carbocycles. The molecule has 1 amide bonds. The normalized spacial score (nSPS) is 23.0. The van der Waals surface area contributed by atoms with E-state index in [1.54, 1.807) is 6.20 Å². The highest BCUT2D eigenvalue weighted by atomic mass is 16.5. The number of fused-ring (bicyclic) bond motifs is 1. The molecule has 2 aromatic heterocycles. The van der Waals surface area contributed by atoms with Gasteiger partial charge in [0.2, 0.25) is 5.89 Å². The summed E-state index contributed by atoms with van der Waals surface area (Å²) in [6, 6.07) is 9.89. The number of carbonyl (C=O) groups excluding carboxylic acids is 1. The van der Waals surface area contributed by atoms with Gasteiger partial charge in [0.15, 0.2) is 5.82 Å². The summed E-state index contributed by atoms with van der Waals surface area (Å²) < 4.78 is 11.8. The topological polar surface area (TPSA) is 81.4 Å². The fourth-order valence-corrected chi connectivity index (χ4v) is 5.31. The molecular formula is C25H28N4O3. The smallest absolute Gasteiger partial charge is 0.273 e. The molecule has 0 bridgehead atoms. The van der Waals surface area contributed by atoms with Crippen molar-refractivity contribution in [2.24, 2.45) is 5.92 Å². The number of rotatable bonds is 4. The molecule has 6 rings (SSSR count). The summed E-state index contributed by atoms with van der Waals surface area (Å²) in [6.45, 7) is 2.15. The van der Waals surface area contributed by atoms with Crippen molar-refractivity contribution in [2.45, 2.75) is 56.5 Å². The first-order valence-corrected chi connectivity index (χ1v) is 11.8. The van der Waals surface area contributed by atoms with Crippen LogP contribution in [0.25, 0.3) is 10.8 Å². The zero-order valence-corrected chi connectivity index (χ0v) is 18.2. The quantitative estimate of drug-likeness (QED) is 0.616. The molecule has 2 aliphatic heterocycles. The molecule has 166 valence electrons. The third kappa shape index (κ3) is 3.79. The molecule has 1 atom stereocenters. The second-order valence-corrected chi connectivity index (χ2v) is 9.59. The van der Waals surface area contributed by atoms with Crippen LogP contribution in [0, 0.1) is 5.92 Å². The van der Waals surface area contributed by atoms with Crippen molar-refractivity contribution in [2.75, 3.05) is 19.7 Å². The van der Waals surface area contributed by atoms with Gasteiger partial charge in [0, 0.05) is 43.6 Å². The van der Waals surface area contributed by atoms with Gasteiger partial charge < -0.3 is 14.2 Å². The van der Waals surface area contributed by atoms with E-state index in [2.05, 4.69) is 15.1 Å². The summed E-state index contributed by atoms with van der Waals surface area (Å²) in [5, 5.41) is 6.12. The van der Waals surface area contributed by atoms with Crippen molar-refractivity contribution < 1.29 is 14.1 Å². The lowest BCUT2D eigenvalue weighted by molar-refractivity contribution is -0.124. The zero-order chi connectivity index (χ0) is 21.5. The first kappa shape index (κ1) is 19.9. The largest absolute Gasteiger partial charge is 0.375 e. The monoisotopic (exact) mass is 432 g/mol. The highest BCUT2D eigenvalue weighted by molar-refractivity contribution is 6.05. The number of benzene rings is 1. The highest BCUT2D eigenvalue weighted by Crippen LogP contribution is 2.40. The van der Waals surface area contributed by atoms with Crippen LogP contribution in [0.5, 0.6) is 0 Å². The van der Waals surface area contributed by atoms with Crippen LogP contribution in [0.4, 0.5) is 0 Å². The lowest BCUT2D eigenvalue weighted by Crippen LogP contribution is -2.51. The number of hydrogen-bond acceptors (Lipinski definition) is 6. The minimum Gasteiger partial charge on any atom is -0.375 e. The van der Waals surface area contributed by atoms with Crippen LogP contribution < -0.4 is 0 Å². The molecule has 3 fully saturated rings. The van der Waals surface area contributed by atoms with Crippen molar-refractivity contribution in [1.29, 1.82) is 0 Å². The van der Waals surface area contributed by atoms with Gasteiger partial charge in [-0.05, 0) is 55.9 Å². The van der Waals surface area contributed by atoms with E-state index in [-0.39, 0.29) is 11.5 Å². The van der Waals surface area contributed by atoms with Gasteiger partial charge in [-0.1, -0.05) is 29.4 Å². The number of ether oxygens (including phenoxy) is 1. The molecule has 0 radical (unpaired) electrons. The fraction of sp³-hybridized carbons (Fsp3) is 0.520. The standard InChI is InChI=1S/C25H28N4O3/c30-24(22-20-4-2-1-3-18(20)7-11-26-22)29-12-9-25(10-13-29)16-17(8-14-31-25)15-21-27-23(28-32-21)19-5-6-19/h1-4,7,11,17,19H,5-6,8-10,12-16H2. The van der Waals surface area contributed by atoms with Gasteiger partial charge in [-0.2, -0.15) is 4.98 Å². The molecule has 3 aliphatic rings. The number of carbonyl (C=O) groups is 1. The maximum atomic E-state index is 13.2. The average Bonchev–Trinajstić information content (AvgIpc) is 3.58. The Labute approximate surface area is 187 Å². The van der Waals surface area contributed by atoms with Crippen LogP contribution in [0.2, 0.25) is 0 Å². The number of pyridine rings is 1. The van der Waals surface area contributed by atoms with Gasteiger partial charge in [-0.3, -0.25) is 9.78 Å². The Morgan fingerprint density at radius 3 is 2.81 bits per heavy atom. The van der Waals surface area contributed by atoms with E-state index in [9.17, 15) is 4.79 Å². The van der Waals surface area contributed by atoms with E-state index in [1.165, 1.54) is 12.8 Å². The highest BCUT2D eigenvalue weighted by Gasteiger charge is 2.42. The van der Waals surface area contributed by atoms with Crippen molar-refractivity contribution >= 4 is 16.7 Å². The Kier molecular flexibility index (Phi) is 4.94. The molecule has 32 heavy (non-hydrogen) atoms. The molecule has 7 nitrogen and oxygen atoms in total. The minimum atomic E-state index is -0.148. The molecule has 0 N–H and O–H groups in total. The summed E-state index contributed by atoms with van der Waals surface area (Å²) in [6.07, 6.45) is 8.64. The van der Waals surface area contributed by atoms with Crippen LogP contribution in [-0.4, -0.2) is 51.2 Å². The van der Waals surface area contributed by atoms with E-state index >= 15 is 0 Å². The molecule has 1 aliphatic carbocycles. The molecule has 7 heteroatoms. The summed E-state index contributed by atoms with van der Waals surface area (Å²) in [7, 11) is 0. The molecule has 4 heterocycles. The first-order chi connectivity index (χ1) is 15.7. The molecule has 3 aromatic rings. The van der Waals surface area contributed by atoms with Gasteiger partial charge in [-0.25, -0.2) is 0 Å². The Bertz CT molecular complexity index is 1130. The summed E-state index contributed by atoms with van der Waals surface area (Å²) in [4.78, 5) is 24.2. The maximum absolute atomic E-state index is 13.2. The summed E-state index contributed by atoms with van der Waals surface area (Å²) >= 11 is 0. The molecule has 1 aromatic carbocycles. The first-order valence-electron chi connectivity index (χ1n) is 11.8. The second kappa shape index (κ2) is 7.96. The van der Waals surface area contributed by atoms with Crippen LogP contribution in [0.3, 0.4) is 0 Å². The lowest BCUT2D eigenvalue weighted by atomic mass is 9.78. The second-order valence-electron chi connectivity index (χ2n) is 9.59.